The van der Waals surface area contributed by atoms with E-state index >= 15 is 0 Å². The highest BCUT2D eigenvalue weighted by Crippen LogP contribution is 2.50. The van der Waals surface area contributed by atoms with Crippen LogP contribution in [0.2, 0.25) is 5.02 Å². The van der Waals surface area contributed by atoms with Crippen LogP contribution in [-0.4, -0.2) is 59.1 Å². The summed E-state index contributed by atoms with van der Waals surface area (Å²) in [5.41, 5.74) is 0.689. The Bertz CT molecular complexity index is 608. The third-order valence-corrected chi connectivity index (χ3v) is 6.21. The van der Waals surface area contributed by atoms with Gasteiger partial charge in [-0.1, -0.05) is 30.2 Å². The average molecular weight is 349 g/mol. The molecule has 2 aliphatic heterocycles. The quantitative estimate of drug-likeness (QED) is 0.912. The van der Waals surface area contributed by atoms with Crippen LogP contribution >= 0.6 is 11.6 Å². The van der Waals surface area contributed by atoms with Gasteiger partial charge in [-0.3, -0.25) is 9.69 Å². The lowest BCUT2D eigenvalue weighted by Gasteiger charge is -2.33. The van der Waals surface area contributed by atoms with E-state index in [9.17, 15) is 9.90 Å². The van der Waals surface area contributed by atoms with Crippen LogP contribution in [0.4, 0.5) is 0 Å². The molecule has 24 heavy (non-hydrogen) atoms. The lowest BCUT2D eigenvalue weighted by Crippen LogP contribution is -2.46. The Morgan fingerprint density at radius 2 is 1.75 bits per heavy atom. The summed E-state index contributed by atoms with van der Waals surface area (Å²) in [6, 6.07) is 7.78. The number of halogens is 1. The molecule has 2 saturated heterocycles. The molecule has 3 aliphatic rings. The standard InChI is InChI=1S/C19H25ClN2O2/c20-15-6-4-14(5-7-15)19(8-9-19)18(24)22-12-16(17(23)13-22)21-10-2-1-3-11-21/h4-7,16-17,23H,1-3,8-13H2/t16-,17-/m0/s1. The molecule has 2 atom stereocenters. The van der Waals surface area contributed by atoms with Crippen molar-refractivity contribution in [2.24, 2.45) is 0 Å². The molecule has 2 heterocycles. The van der Waals surface area contributed by atoms with Gasteiger partial charge in [0.05, 0.1) is 17.6 Å². The number of β-amino-alcohol motifs (C(OH)–C–C–N with tert-alkyl or cyclic N) is 1. The summed E-state index contributed by atoms with van der Waals surface area (Å²) in [5.74, 6) is 0.184. The first-order chi connectivity index (χ1) is 11.6. The van der Waals surface area contributed by atoms with Gasteiger partial charge in [0.15, 0.2) is 0 Å². The van der Waals surface area contributed by atoms with Crippen LogP contribution in [-0.2, 0) is 10.2 Å². The average Bonchev–Trinajstić information content (AvgIpc) is 3.32. The topological polar surface area (TPSA) is 43.8 Å². The smallest absolute Gasteiger partial charge is 0.233 e. The number of piperidine rings is 1. The van der Waals surface area contributed by atoms with Crippen molar-refractivity contribution in [1.82, 2.24) is 9.80 Å². The SMILES string of the molecule is O=C(N1C[C@H](O)[C@@H](N2CCCCC2)C1)C1(c2ccc(Cl)cc2)CC1. The maximum absolute atomic E-state index is 13.2. The van der Waals surface area contributed by atoms with E-state index in [0.717, 1.165) is 31.5 Å². The van der Waals surface area contributed by atoms with Gasteiger partial charge in [0, 0.05) is 18.1 Å². The van der Waals surface area contributed by atoms with Crippen LogP contribution < -0.4 is 0 Å². The summed E-state index contributed by atoms with van der Waals surface area (Å²) < 4.78 is 0. The van der Waals surface area contributed by atoms with Gasteiger partial charge in [0.2, 0.25) is 5.91 Å². The van der Waals surface area contributed by atoms with Gasteiger partial charge >= 0.3 is 0 Å². The van der Waals surface area contributed by atoms with E-state index in [1.807, 2.05) is 29.2 Å². The van der Waals surface area contributed by atoms with Crippen LogP contribution in [0.5, 0.6) is 0 Å². The molecule has 1 aromatic carbocycles. The second-order valence-corrected chi connectivity index (χ2v) is 7.97. The minimum atomic E-state index is -0.423. The number of aliphatic hydroxyl groups excluding tert-OH is 1. The number of carbonyl (C=O) groups is 1. The summed E-state index contributed by atoms with van der Waals surface area (Å²) in [6.07, 6.45) is 5.05. The second-order valence-electron chi connectivity index (χ2n) is 7.53. The molecule has 1 amide bonds. The molecule has 1 saturated carbocycles. The van der Waals surface area contributed by atoms with Gasteiger partial charge in [0.1, 0.15) is 0 Å². The Hall–Kier alpha value is -1.10. The van der Waals surface area contributed by atoms with Gasteiger partial charge in [-0.25, -0.2) is 0 Å². The second kappa shape index (κ2) is 6.32. The molecular formula is C19H25ClN2O2. The number of rotatable bonds is 3. The molecule has 3 fully saturated rings. The third-order valence-electron chi connectivity index (χ3n) is 5.96. The van der Waals surface area contributed by atoms with E-state index in [0.29, 0.717) is 18.1 Å². The van der Waals surface area contributed by atoms with E-state index in [1.165, 1.54) is 19.3 Å². The van der Waals surface area contributed by atoms with Gasteiger partial charge in [-0.05, 0) is 56.5 Å². The van der Waals surface area contributed by atoms with Crippen molar-refractivity contribution in [2.45, 2.75) is 49.7 Å². The molecule has 0 unspecified atom stereocenters. The first-order valence-electron chi connectivity index (χ1n) is 9.08. The lowest BCUT2D eigenvalue weighted by atomic mass is 9.94. The van der Waals surface area contributed by atoms with Crippen molar-refractivity contribution in [3.05, 3.63) is 34.9 Å². The number of aliphatic hydroxyl groups is 1. The Morgan fingerprint density at radius 3 is 2.38 bits per heavy atom. The molecule has 4 rings (SSSR count). The van der Waals surface area contributed by atoms with E-state index in [-0.39, 0.29) is 17.4 Å². The van der Waals surface area contributed by atoms with Gasteiger partial charge in [-0.15, -0.1) is 0 Å². The van der Waals surface area contributed by atoms with Gasteiger partial charge in [-0.2, -0.15) is 0 Å². The number of likely N-dealkylation sites (tertiary alicyclic amines) is 2. The number of amides is 1. The zero-order valence-electron chi connectivity index (χ0n) is 14.0. The van der Waals surface area contributed by atoms with Gasteiger partial charge < -0.3 is 10.0 Å². The molecule has 0 spiro atoms. The molecule has 0 bridgehead atoms. The summed E-state index contributed by atoms with van der Waals surface area (Å²) in [6.45, 7) is 3.23. The fraction of sp³-hybridized carbons (Fsp3) is 0.632. The first-order valence-corrected chi connectivity index (χ1v) is 9.45. The molecule has 5 heteroatoms. The minimum Gasteiger partial charge on any atom is -0.390 e. The van der Waals surface area contributed by atoms with Crippen LogP contribution in [0, 0.1) is 0 Å². The lowest BCUT2D eigenvalue weighted by molar-refractivity contribution is -0.133. The van der Waals surface area contributed by atoms with Crippen LogP contribution in [0.25, 0.3) is 0 Å². The predicted molar refractivity (Wildman–Crippen MR) is 94.2 cm³/mol. The fourth-order valence-electron chi connectivity index (χ4n) is 4.37. The van der Waals surface area contributed by atoms with Gasteiger partial charge in [0.25, 0.3) is 0 Å². The molecule has 4 nitrogen and oxygen atoms in total. The molecular weight excluding hydrogens is 324 g/mol. The van der Waals surface area contributed by atoms with Crippen molar-refractivity contribution in [3.63, 3.8) is 0 Å². The highest BCUT2D eigenvalue weighted by molar-refractivity contribution is 6.30. The summed E-state index contributed by atoms with van der Waals surface area (Å²) in [4.78, 5) is 17.4. The summed E-state index contributed by atoms with van der Waals surface area (Å²) in [7, 11) is 0. The van der Waals surface area contributed by atoms with E-state index in [1.54, 1.807) is 0 Å². The zero-order valence-corrected chi connectivity index (χ0v) is 14.7. The van der Waals surface area contributed by atoms with Crippen molar-refractivity contribution in [1.29, 1.82) is 0 Å². The maximum atomic E-state index is 13.2. The normalized spacial score (nSPS) is 29.7. The Kier molecular flexibility index (Phi) is 4.31. The van der Waals surface area contributed by atoms with E-state index in [2.05, 4.69) is 4.90 Å². The third kappa shape index (κ3) is 2.85. The largest absolute Gasteiger partial charge is 0.390 e. The zero-order chi connectivity index (χ0) is 16.7. The molecule has 1 aliphatic carbocycles. The predicted octanol–water partition coefficient (Wildman–Crippen LogP) is 2.43. The van der Waals surface area contributed by atoms with Crippen LogP contribution in [0.3, 0.4) is 0 Å². The van der Waals surface area contributed by atoms with Crippen LogP contribution in [0.1, 0.15) is 37.7 Å². The summed E-state index contributed by atoms with van der Waals surface area (Å²) in [5, 5.41) is 11.2. The van der Waals surface area contributed by atoms with Crippen molar-refractivity contribution in [2.75, 3.05) is 26.2 Å². The van der Waals surface area contributed by atoms with E-state index in [4.69, 9.17) is 11.6 Å². The molecule has 1 aromatic rings. The number of benzene rings is 1. The Balaban J connectivity index is 1.48. The molecule has 0 aromatic heterocycles. The number of hydrogen-bond donors (Lipinski definition) is 1. The Morgan fingerprint density at radius 1 is 1.08 bits per heavy atom. The highest BCUT2D eigenvalue weighted by atomic mass is 35.5. The molecule has 0 radical (unpaired) electrons. The maximum Gasteiger partial charge on any atom is 0.233 e. The Labute approximate surface area is 148 Å². The number of carbonyl (C=O) groups excluding carboxylic acids is 1. The van der Waals surface area contributed by atoms with Crippen molar-refractivity contribution < 1.29 is 9.90 Å². The minimum absolute atomic E-state index is 0.107. The number of nitrogens with zero attached hydrogens (tertiary/aromatic N) is 2. The fourth-order valence-corrected chi connectivity index (χ4v) is 4.49. The van der Waals surface area contributed by atoms with Crippen molar-refractivity contribution in [3.8, 4) is 0 Å². The first kappa shape index (κ1) is 16.4. The number of hydrogen-bond acceptors (Lipinski definition) is 3. The highest BCUT2D eigenvalue weighted by Gasteiger charge is 2.54. The van der Waals surface area contributed by atoms with Crippen molar-refractivity contribution >= 4 is 17.5 Å². The molecule has 1 N–H and O–H groups in total. The molecule has 130 valence electrons. The van der Waals surface area contributed by atoms with E-state index < -0.39 is 6.10 Å². The summed E-state index contributed by atoms with van der Waals surface area (Å²) >= 11 is 5.98. The monoisotopic (exact) mass is 348 g/mol. The van der Waals surface area contributed by atoms with Crippen LogP contribution in [0.15, 0.2) is 24.3 Å².